The Balaban J connectivity index is 1.65. The van der Waals surface area contributed by atoms with E-state index in [0.717, 1.165) is 43.0 Å². The molecule has 0 unspecified atom stereocenters. The highest BCUT2D eigenvalue weighted by Crippen LogP contribution is 2.29. The fraction of sp³-hybridized carbons (Fsp3) is 0.450. The Morgan fingerprint density at radius 1 is 1.33 bits per heavy atom. The second-order valence-corrected chi connectivity index (χ2v) is 6.89. The minimum absolute atomic E-state index is 0.0272. The van der Waals surface area contributed by atoms with Gasteiger partial charge in [0.2, 0.25) is 0 Å². The van der Waals surface area contributed by atoms with Gasteiger partial charge in [-0.1, -0.05) is 0 Å². The number of aryl methyl sites for hydroxylation is 1. The first-order valence-electron chi connectivity index (χ1n) is 9.39. The van der Waals surface area contributed by atoms with E-state index in [1.807, 2.05) is 23.6 Å². The molecule has 1 aliphatic rings. The maximum atomic E-state index is 12.6. The van der Waals surface area contributed by atoms with E-state index in [1.165, 1.54) is 0 Å². The summed E-state index contributed by atoms with van der Waals surface area (Å²) in [6.45, 7) is 4.04. The third-order valence-electron chi connectivity index (χ3n) is 4.94. The Bertz CT molecular complexity index is 953. The number of rotatable bonds is 6. The summed E-state index contributed by atoms with van der Waals surface area (Å²) in [7, 11) is 1.80. The van der Waals surface area contributed by atoms with Crippen LogP contribution >= 0.6 is 0 Å². The average Bonchev–Trinajstić information content (AvgIpc) is 3.29. The van der Waals surface area contributed by atoms with Gasteiger partial charge in [-0.15, -0.1) is 0 Å². The Hall–Kier alpha value is -2.67. The van der Waals surface area contributed by atoms with Gasteiger partial charge in [-0.25, -0.2) is 4.98 Å². The van der Waals surface area contributed by atoms with Crippen molar-refractivity contribution in [3.63, 3.8) is 0 Å². The van der Waals surface area contributed by atoms with Crippen molar-refractivity contribution in [2.24, 2.45) is 7.05 Å². The molecule has 0 aromatic carbocycles. The normalized spacial score (nSPS) is 15.3. The van der Waals surface area contributed by atoms with Crippen LogP contribution in [-0.4, -0.2) is 44.8 Å². The number of nitrogens with zero attached hydrogens (tertiary/aromatic N) is 4. The first-order valence-corrected chi connectivity index (χ1v) is 9.39. The fourth-order valence-electron chi connectivity index (χ4n) is 3.52. The highest BCUT2D eigenvalue weighted by atomic mass is 16.5. The number of Topliss-reactive ketones (excluding diaryl/α,β-unsaturated/α-hetero) is 1. The van der Waals surface area contributed by atoms with Crippen molar-refractivity contribution in [1.29, 1.82) is 0 Å². The predicted molar refractivity (Wildman–Crippen MR) is 100 cm³/mol. The molecule has 27 heavy (non-hydrogen) atoms. The van der Waals surface area contributed by atoms with Gasteiger partial charge in [-0.3, -0.25) is 9.48 Å². The van der Waals surface area contributed by atoms with E-state index < -0.39 is 0 Å². The second kappa shape index (κ2) is 7.52. The first kappa shape index (κ1) is 17.7. The lowest BCUT2D eigenvalue weighted by molar-refractivity contribution is 0.0846. The van der Waals surface area contributed by atoms with E-state index in [4.69, 9.17) is 14.5 Å². The zero-order valence-electron chi connectivity index (χ0n) is 15.7. The molecule has 3 aromatic rings. The molecule has 0 radical (unpaired) electrons. The van der Waals surface area contributed by atoms with E-state index >= 15 is 0 Å². The first-order chi connectivity index (χ1) is 13.1. The quantitative estimate of drug-likeness (QED) is 0.626. The van der Waals surface area contributed by atoms with Crippen LogP contribution < -0.4 is 4.74 Å². The SMILES string of the molecule is CCOc1cc2nc(C3CCOCC3)cn2cc1CC(=O)c1ccn(C)n1. The van der Waals surface area contributed by atoms with Crippen molar-refractivity contribution < 1.29 is 14.3 Å². The highest BCUT2D eigenvalue weighted by Gasteiger charge is 2.20. The van der Waals surface area contributed by atoms with E-state index in [9.17, 15) is 4.79 Å². The van der Waals surface area contributed by atoms with Gasteiger partial charge in [0.25, 0.3) is 0 Å². The number of aromatic nitrogens is 4. The molecular formula is C20H24N4O3. The van der Waals surface area contributed by atoms with E-state index in [2.05, 4.69) is 11.3 Å². The zero-order valence-corrected chi connectivity index (χ0v) is 15.7. The predicted octanol–water partition coefficient (Wildman–Crippen LogP) is 2.79. The van der Waals surface area contributed by atoms with Crippen LogP contribution in [0.2, 0.25) is 0 Å². The van der Waals surface area contributed by atoms with Crippen molar-refractivity contribution in [1.82, 2.24) is 19.2 Å². The summed E-state index contributed by atoms with van der Waals surface area (Å²) in [6.07, 6.45) is 8.02. The van der Waals surface area contributed by atoms with Crippen LogP contribution in [0.25, 0.3) is 5.65 Å². The number of hydrogen-bond acceptors (Lipinski definition) is 5. The molecule has 0 bridgehead atoms. The summed E-state index contributed by atoms with van der Waals surface area (Å²) in [5.41, 5.74) is 3.23. The number of ketones is 1. The third-order valence-corrected chi connectivity index (χ3v) is 4.94. The summed E-state index contributed by atoms with van der Waals surface area (Å²) in [5.74, 6) is 1.10. The van der Waals surface area contributed by atoms with Crippen LogP contribution in [0.3, 0.4) is 0 Å². The monoisotopic (exact) mass is 368 g/mol. The van der Waals surface area contributed by atoms with Crippen molar-refractivity contribution in [2.75, 3.05) is 19.8 Å². The fourth-order valence-corrected chi connectivity index (χ4v) is 3.52. The maximum Gasteiger partial charge on any atom is 0.187 e. The van der Waals surface area contributed by atoms with Gasteiger partial charge in [0.15, 0.2) is 5.78 Å². The summed E-state index contributed by atoms with van der Waals surface area (Å²) < 4.78 is 14.9. The summed E-state index contributed by atoms with van der Waals surface area (Å²) in [6, 6.07) is 3.66. The third kappa shape index (κ3) is 3.73. The van der Waals surface area contributed by atoms with Crippen LogP contribution in [0.15, 0.2) is 30.7 Å². The molecule has 1 aliphatic heterocycles. The average molecular weight is 368 g/mol. The van der Waals surface area contributed by atoms with Gasteiger partial charge in [-0.2, -0.15) is 5.10 Å². The molecule has 7 heteroatoms. The molecular weight excluding hydrogens is 344 g/mol. The van der Waals surface area contributed by atoms with Gasteiger partial charge in [0, 0.05) is 62.8 Å². The van der Waals surface area contributed by atoms with Crippen LogP contribution in [0.1, 0.15) is 47.4 Å². The Morgan fingerprint density at radius 3 is 2.85 bits per heavy atom. The highest BCUT2D eigenvalue weighted by molar-refractivity contribution is 5.96. The number of fused-ring (bicyclic) bond motifs is 1. The molecule has 0 amide bonds. The number of pyridine rings is 1. The number of hydrogen-bond donors (Lipinski definition) is 0. The molecule has 3 aromatic heterocycles. The largest absolute Gasteiger partial charge is 0.493 e. The van der Waals surface area contributed by atoms with Crippen LogP contribution in [0, 0.1) is 0 Å². The van der Waals surface area contributed by atoms with Gasteiger partial charge in [-0.05, 0) is 25.8 Å². The summed E-state index contributed by atoms with van der Waals surface area (Å²) in [5, 5.41) is 4.21. The molecule has 142 valence electrons. The van der Waals surface area contributed by atoms with E-state index in [0.29, 0.717) is 24.0 Å². The zero-order chi connectivity index (χ0) is 18.8. The van der Waals surface area contributed by atoms with Crippen molar-refractivity contribution >= 4 is 11.4 Å². The van der Waals surface area contributed by atoms with Crippen LogP contribution in [0.4, 0.5) is 0 Å². The molecule has 0 saturated carbocycles. The molecule has 0 atom stereocenters. The van der Waals surface area contributed by atoms with Gasteiger partial charge in [0.05, 0.1) is 12.3 Å². The minimum Gasteiger partial charge on any atom is -0.493 e. The lowest BCUT2D eigenvalue weighted by Gasteiger charge is -2.19. The van der Waals surface area contributed by atoms with Crippen molar-refractivity contribution in [3.8, 4) is 5.75 Å². The van der Waals surface area contributed by atoms with Gasteiger partial charge >= 0.3 is 0 Å². The Kier molecular flexibility index (Phi) is 4.94. The molecule has 0 aliphatic carbocycles. The van der Waals surface area contributed by atoms with E-state index in [-0.39, 0.29) is 12.2 Å². The molecule has 1 fully saturated rings. The number of ether oxygens (including phenoxy) is 2. The number of imidazole rings is 1. The molecule has 1 saturated heterocycles. The van der Waals surface area contributed by atoms with Crippen molar-refractivity contribution in [2.45, 2.75) is 32.1 Å². The summed E-state index contributed by atoms with van der Waals surface area (Å²) >= 11 is 0. The minimum atomic E-state index is -0.0272. The lowest BCUT2D eigenvalue weighted by Crippen LogP contribution is -2.14. The van der Waals surface area contributed by atoms with Crippen molar-refractivity contribution in [3.05, 3.63) is 47.7 Å². The van der Waals surface area contributed by atoms with Crippen LogP contribution in [0.5, 0.6) is 5.75 Å². The molecule has 0 spiro atoms. The second-order valence-electron chi connectivity index (χ2n) is 6.89. The van der Waals surface area contributed by atoms with Gasteiger partial charge < -0.3 is 13.9 Å². The standard InChI is InChI=1S/C20H24N4O3/c1-3-27-19-11-20-21-17(14-5-8-26-9-6-14)13-24(20)12-15(19)10-18(25)16-4-7-23(2)22-16/h4,7,11-14H,3,5-6,8-10H2,1-2H3. The Morgan fingerprint density at radius 2 is 2.15 bits per heavy atom. The van der Waals surface area contributed by atoms with Gasteiger partial charge in [0.1, 0.15) is 17.1 Å². The number of carbonyl (C=O) groups is 1. The summed E-state index contributed by atoms with van der Waals surface area (Å²) in [4.78, 5) is 17.4. The number of carbonyl (C=O) groups excluding carboxylic acids is 1. The Labute approximate surface area is 157 Å². The maximum absolute atomic E-state index is 12.6. The smallest absolute Gasteiger partial charge is 0.187 e. The molecule has 4 heterocycles. The molecule has 7 nitrogen and oxygen atoms in total. The molecule has 0 N–H and O–H groups in total. The van der Waals surface area contributed by atoms with E-state index in [1.54, 1.807) is 24.0 Å². The van der Waals surface area contributed by atoms with Crippen LogP contribution in [-0.2, 0) is 18.2 Å². The topological polar surface area (TPSA) is 70.7 Å². The lowest BCUT2D eigenvalue weighted by atomic mass is 9.97. The molecule has 4 rings (SSSR count).